The second-order valence-electron chi connectivity index (χ2n) is 21.3. The van der Waals surface area contributed by atoms with Gasteiger partial charge in [-0.1, -0.05) is 149 Å². The van der Waals surface area contributed by atoms with Crippen molar-refractivity contribution in [3.63, 3.8) is 0 Å². The molecule has 312 valence electrons. The van der Waals surface area contributed by atoms with Crippen molar-refractivity contribution in [3.05, 3.63) is 57.6 Å². The van der Waals surface area contributed by atoms with Crippen LogP contribution in [0, 0.1) is 40.4 Å². The van der Waals surface area contributed by atoms with E-state index in [1.165, 1.54) is 49.7 Å². The number of hydrogen-bond acceptors (Lipinski definition) is 5. The van der Waals surface area contributed by atoms with Crippen LogP contribution in [0.4, 0.5) is 0 Å². The Balaban J connectivity index is 0.000000738. The third kappa shape index (κ3) is 19.1. The van der Waals surface area contributed by atoms with Gasteiger partial charge in [0.1, 0.15) is 11.5 Å². The van der Waals surface area contributed by atoms with Crippen LogP contribution >= 0.6 is 0 Å². The predicted molar refractivity (Wildman–Crippen MR) is 229 cm³/mol. The number of benzene rings is 2. The largest absolute Gasteiger partial charge is 0.507 e. The van der Waals surface area contributed by atoms with Gasteiger partial charge in [-0.3, -0.25) is 0 Å². The predicted octanol–water partition coefficient (Wildman–Crippen LogP) is 13.0. The van der Waals surface area contributed by atoms with Crippen LogP contribution in [0.2, 0.25) is 0 Å². The van der Waals surface area contributed by atoms with Gasteiger partial charge < -0.3 is 24.4 Å². The average Bonchev–Trinajstić information content (AvgIpc) is 3.82. The van der Waals surface area contributed by atoms with E-state index in [4.69, 9.17) is 14.2 Å². The standard InChI is InChI=1S/2C18H30O.3C4H8O.Sm/c2*1-16(2,3)12-10-13(17(4,5)6)15(19)14(11-12)18(7,8)9;3*1-2-4-5-3-1;/h2*10-11,19H,1-9H3;3*1-4H2;. The second-order valence-corrected chi connectivity index (χ2v) is 21.3. The molecule has 0 bridgehead atoms. The van der Waals surface area contributed by atoms with Crippen molar-refractivity contribution in [2.75, 3.05) is 39.6 Å². The zero-order chi connectivity index (χ0) is 41.1. The Morgan fingerprint density at radius 2 is 0.500 bits per heavy atom. The van der Waals surface area contributed by atoms with Crippen molar-refractivity contribution >= 4 is 0 Å². The molecule has 0 atom stereocenters. The third-order valence-corrected chi connectivity index (χ3v) is 9.67. The fourth-order valence-corrected chi connectivity index (χ4v) is 5.95. The molecule has 0 radical (unpaired) electrons. The van der Waals surface area contributed by atoms with E-state index in [-0.39, 0.29) is 72.9 Å². The van der Waals surface area contributed by atoms with Gasteiger partial charge in [0, 0.05) is 80.0 Å². The maximum absolute atomic E-state index is 10.7. The van der Waals surface area contributed by atoms with Crippen LogP contribution in [-0.2, 0) is 46.7 Å². The number of aromatic hydroxyl groups is 2. The van der Waals surface area contributed by atoms with Crippen LogP contribution in [0.15, 0.2) is 24.3 Å². The van der Waals surface area contributed by atoms with Gasteiger partial charge in [0.2, 0.25) is 0 Å². The van der Waals surface area contributed by atoms with Gasteiger partial charge in [-0.25, -0.2) is 0 Å². The monoisotopic (exact) mass is 893 g/mol. The van der Waals surface area contributed by atoms with Crippen molar-refractivity contribution < 1.29 is 64.8 Å². The van der Waals surface area contributed by atoms with E-state index in [1.807, 2.05) is 0 Å². The molecule has 5 rings (SSSR count). The van der Waals surface area contributed by atoms with Gasteiger partial charge in [-0.2, -0.15) is 0 Å². The smallest absolute Gasteiger partial charge is 0.123 e. The van der Waals surface area contributed by atoms with E-state index in [2.05, 4.69) is 149 Å². The molecule has 3 aliphatic heterocycles. The zero-order valence-corrected chi connectivity index (χ0v) is 40.9. The molecule has 3 heterocycles. The van der Waals surface area contributed by atoms with Gasteiger partial charge in [-0.15, -0.1) is 0 Å². The Kier molecular flexibility index (Phi) is 22.1. The summed E-state index contributed by atoms with van der Waals surface area (Å²) in [5.41, 5.74) is 6.75. The molecule has 3 aliphatic rings. The maximum atomic E-state index is 10.7. The second kappa shape index (κ2) is 22.4. The van der Waals surface area contributed by atoms with Gasteiger partial charge in [0.05, 0.1) is 0 Å². The molecule has 2 aromatic rings. The van der Waals surface area contributed by atoms with Crippen molar-refractivity contribution in [1.82, 2.24) is 0 Å². The van der Waals surface area contributed by atoms with Crippen molar-refractivity contribution in [1.29, 1.82) is 0 Å². The first kappa shape index (κ1) is 53.3. The van der Waals surface area contributed by atoms with Crippen LogP contribution < -0.4 is 0 Å². The quantitative estimate of drug-likeness (QED) is 0.276. The summed E-state index contributed by atoms with van der Waals surface area (Å²) >= 11 is 0. The van der Waals surface area contributed by atoms with E-state index in [0.29, 0.717) is 11.5 Å². The molecule has 0 saturated carbocycles. The van der Waals surface area contributed by atoms with Gasteiger partial charge in [0.25, 0.3) is 0 Å². The number of rotatable bonds is 0. The molecular weight excluding hydrogens is 807 g/mol. The molecule has 3 saturated heterocycles. The number of phenolic OH excluding ortho intramolecular Hbond substituents is 2. The Labute approximate surface area is 366 Å². The number of hydrogen-bond donors (Lipinski definition) is 2. The molecule has 2 aromatic carbocycles. The summed E-state index contributed by atoms with van der Waals surface area (Å²) in [6, 6.07) is 8.68. The Bertz CT molecular complexity index is 1150. The summed E-state index contributed by atoms with van der Waals surface area (Å²) in [4.78, 5) is 0. The maximum Gasteiger partial charge on any atom is 0.123 e. The normalized spacial score (nSPS) is 16.3. The van der Waals surface area contributed by atoms with Crippen molar-refractivity contribution in [3.8, 4) is 11.5 Å². The summed E-state index contributed by atoms with van der Waals surface area (Å²) in [6.07, 6.45) is 7.67. The molecule has 0 amide bonds. The van der Waals surface area contributed by atoms with Crippen LogP contribution in [-0.4, -0.2) is 49.9 Å². The first-order chi connectivity index (χ1) is 24.0. The van der Waals surface area contributed by atoms with Gasteiger partial charge in [-0.05, 0) is 104 Å². The summed E-state index contributed by atoms with van der Waals surface area (Å²) in [7, 11) is 0. The molecule has 0 aliphatic carbocycles. The zero-order valence-electron chi connectivity index (χ0n) is 38.3. The summed E-state index contributed by atoms with van der Waals surface area (Å²) in [5, 5.41) is 21.3. The minimum atomic E-state index is -0.0503. The average molecular weight is 892 g/mol. The van der Waals surface area contributed by atoms with Crippen molar-refractivity contribution in [2.45, 2.75) is 196 Å². The topological polar surface area (TPSA) is 68.2 Å². The van der Waals surface area contributed by atoms with E-state index in [0.717, 1.165) is 61.9 Å². The molecule has 5 nitrogen and oxygen atoms in total. The molecule has 6 heteroatoms. The first-order valence-corrected chi connectivity index (χ1v) is 20.5. The van der Waals surface area contributed by atoms with Crippen LogP contribution in [0.25, 0.3) is 0 Å². The SMILES string of the molecule is C1CCOC1.C1CCOC1.C1CCOC1.CC(C)(C)c1cc(C(C)(C)C)c(O)c(C(C)(C)C)c1.CC(C)(C)c1cc(C(C)(C)C)c(O)c(C(C)(C)C)c1.[Sm]. The summed E-state index contributed by atoms with van der Waals surface area (Å²) < 4.78 is 14.8. The van der Waals surface area contributed by atoms with Crippen LogP contribution in [0.3, 0.4) is 0 Å². The Hall–Kier alpha value is -0.742. The van der Waals surface area contributed by atoms with E-state index in [1.54, 1.807) is 0 Å². The van der Waals surface area contributed by atoms with Gasteiger partial charge in [0.15, 0.2) is 0 Å². The fraction of sp³-hybridized carbons (Fsp3) is 0.750. The molecule has 0 aromatic heterocycles. The first-order valence-electron chi connectivity index (χ1n) is 20.5. The van der Waals surface area contributed by atoms with Crippen molar-refractivity contribution in [2.24, 2.45) is 0 Å². The van der Waals surface area contributed by atoms with Crippen LogP contribution in [0.1, 0.15) is 197 Å². The van der Waals surface area contributed by atoms with E-state index < -0.39 is 0 Å². The van der Waals surface area contributed by atoms with E-state index in [9.17, 15) is 10.2 Å². The molecule has 0 unspecified atom stereocenters. The molecule has 54 heavy (non-hydrogen) atoms. The minimum Gasteiger partial charge on any atom is -0.507 e. The Morgan fingerprint density at radius 3 is 0.593 bits per heavy atom. The third-order valence-electron chi connectivity index (χ3n) is 9.67. The molecule has 3 fully saturated rings. The van der Waals surface area contributed by atoms with Crippen LogP contribution in [0.5, 0.6) is 11.5 Å². The summed E-state index contributed by atoms with van der Waals surface area (Å²) in [6.45, 7) is 45.2. The molecule has 0 spiro atoms. The molecule has 2 N–H and O–H groups in total. The van der Waals surface area contributed by atoms with Gasteiger partial charge >= 0.3 is 0 Å². The van der Waals surface area contributed by atoms with E-state index >= 15 is 0 Å². The summed E-state index contributed by atoms with van der Waals surface area (Å²) in [5.74, 6) is 0.931. The number of ether oxygens (including phenoxy) is 3. The minimum absolute atomic E-state index is 0. The molecular formula is C48H84O5Sm. The Morgan fingerprint density at radius 1 is 0.333 bits per heavy atom. The number of phenols is 2. The fourth-order valence-electron chi connectivity index (χ4n) is 5.95.